The summed E-state index contributed by atoms with van der Waals surface area (Å²) in [4.78, 5) is 6.59. The number of hydrogen-bond acceptors (Lipinski definition) is 3. The number of aliphatic imine (C=N–C) groups is 1. The van der Waals surface area contributed by atoms with E-state index in [1.165, 1.54) is 5.56 Å². The Morgan fingerprint density at radius 2 is 2.05 bits per heavy atom. The Morgan fingerprint density at radius 3 is 2.75 bits per heavy atom. The third kappa shape index (κ3) is 2.16. The highest BCUT2D eigenvalue weighted by atomic mass is 32.3. The molecule has 1 unspecified atom stereocenters. The van der Waals surface area contributed by atoms with E-state index in [1.54, 1.807) is 6.20 Å². The number of allylic oxidation sites excluding steroid dienone is 1. The number of amidine groups is 1. The smallest absolute Gasteiger partial charge is 0.313 e. The highest BCUT2D eigenvalue weighted by Gasteiger charge is 2.48. The van der Waals surface area contributed by atoms with Gasteiger partial charge in [0, 0.05) is 12.3 Å². The number of rotatable bonds is 3. The topological polar surface area (TPSA) is 38.5 Å². The molecule has 1 N–H and O–H groups in total. The molecule has 0 saturated carbocycles. The van der Waals surface area contributed by atoms with Crippen LogP contribution in [-0.2, 0) is 0 Å². The molecule has 0 aromatic heterocycles. The maximum Gasteiger partial charge on any atom is 0.313 e. The first-order valence-corrected chi connectivity index (χ1v) is 8.68. The lowest BCUT2D eigenvalue weighted by atomic mass is 10.2. The van der Waals surface area contributed by atoms with E-state index in [9.17, 15) is 5.11 Å². The molecule has 0 bridgehead atoms. The molecule has 0 amide bonds. The van der Waals surface area contributed by atoms with Crippen molar-refractivity contribution in [1.82, 2.24) is 4.90 Å². The fraction of sp³-hybridized carbons (Fsp3) is 0.188. The molecule has 2 heterocycles. The molecular formula is C16H18N2OS+. The molecule has 2 aliphatic heterocycles. The summed E-state index contributed by atoms with van der Waals surface area (Å²) in [5.74, 6) is 0. The predicted octanol–water partition coefficient (Wildman–Crippen LogP) is 3.31. The van der Waals surface area contributed by atoms with Crippen molar-refractivity contribution in [3.05, 3.63) is 64.3 Å². The molecule has 4 heteroatoms. The van der Waals surface area contributed by atoms with Gasteiger partial charge in [0.05, 0.1) is 6.20 Å². The number of aliphatic hydroxyl groups excluding tert-OH is 1. The molecule has 0 spiro atoms. The van der Waals surface area contributed by atoms with E-state index in [-0.39, 0.29) is 6.61 Å². The first-order valence-electron chi connectivity index (χ1n) is 6.52. The molecule has 0 aliphatic carbocycles. The van der Waals surface area contributed by atoms with Crippen LogP contribution in [0, 0.1) is 0 Å². The van der Waals surface area contributed by atoms with Crippen LogP contribution in [0.25, 0.3) is 6.08 Å². The van der Waals surface area contributed by atoms with Crippen molar-refractivity contribution in [2.45, 2.75) is 6.92 Å². The van der Waals surface area contributed by atoms with Gasteiger partial charge in [-0.05, 0) is 28.2 Å². The van der Waals surface area contributed by atoms with Crippen LogP contribution in [0.1, 0.15) is 12.5 Å². The Balaban J connectivity index is 1.90. The molecule has 20 heavy (non-hydrogen) atoms. The monoisotopic (exact) mass is 286 g/mol. The summed E-state index contributed by atoms with van der Waals surface area (Å²) >= 11 is 0. The van der Waals surface area contributed by atoms with Gasteiger partial charge in [-0.25, -0.2) is 0 Å². The van der Waals surface area contributed by atoms with E-state index in [0.717, 1.165) is 16.6 Å². The van der Waals surface area contributed by atoms with E-state index in [1.807, 2.05) is 18.2 Å². The van der Waals surface area contributed by atoms with Gasteiger partial charge in [0.25, 0.3) is 0 Å². The van der Waals surface area contributed by atoms with Crippen molar-refractivity contribution >= 4 is 21.3 Å². The molecule has 0 fully saturated rings. The molecule has 3 rings (SSSR count). The van der Waals surface area contributed by atoms with Crippen LogP contribution >= 0.6 is 10.0 Å². The predicted molar refractivity (Wildman–Crippen MR) is 87.5 cm³/mol. The standard InChI is InChI=1S/C16H18N2OS/c1-13-12-20(2,9-8-14-6-4-3-5-7-14)16-17-10-15(11-19)18(13)16/h3-10,12,19H,11H2,1-2H3/q+1. The van der Waals surface area contributed by atoms with Crippen LogP contribution in [0.2, 0.25) is 0 Å². The van der Waals surface area contributed by atoms with Crippen LogP contribution in [0.5, 0.6) is 0 Å². The Bertz CT molecular complexity index is 646. The molecule has 103 valence electrons. The van der Waals surface area contributed by atoms with Gasteiger partial charge < -0.3 is 5.11 Å². The van der Waals surface area contributed by atoms with Crippen molar-refractivity contribution in [2.75, 3.05) is 12.9 Å². The van der Waals surface area contributed by atoms with Crippen molar-refractivity contribution in [2.24, 2.45) is 4.99 Å². The van der Waals surface area contributed by atoms with Gasteiger partial charge in [0.2, 0.25) is 5.70 Å². The summed E-state index contributed by atoms with van der Waals surface area (Å²) in [7, 11) is -1.20. The van der Waals surface area contributed by atoms with E-state index in [4.69, 9.17) is 0 Å². The maximum absolute atomic E-state index is 9.39. The van der Waals surface area contributed by atoms with Gasteiger partial charge in [-0.2, -0.15) is 4.99 Å². The zero-order chi connectivity index (χ0) is 14.2. The first kappa shape index (κ1) is 13.4. The van der Waals surface area contributed by atoms with Crippen LogP contribution in [0.15, 0.2) is 63.7 Å². The van der Waals surface area contributed by atoms with E-state index in [2.05, 4.69) is 52.1 Å². The molecule has 1 aromatic rings. The Kier molecular flexibility index (Phi) is 3.38. The third-order valence-corrected chi connectivity index (χ3v) is 6.08. The van der Waals surface area contributed by atoms with Crippen LogP contribution < -0.4 is 4.90 Å². The molecule has 0 saturated heterocycles. The quantitative estimate of drug-likeness (QED) is 0.851. The Hall–Kier alpha value is -1.62. The average molecular weight is 286 g/mol. The molecular weight excluding hydrogens is 268 g/mol. The second-order valence-electron chi connectivity index (χ2n) is 5.05. The number of fused-ring (bicyclic) bond motifs is 1. The minimum atomic E-state index is -1.20. The van der Waals surface area contributed by atoms with E-state index in [0.29, 0.717) is 0 Å². The summed E-state index contributed by atoms with van der Waals surface area (Å²) < 4.78 is 0. The van der Waals surface area contributed by atoms with Gasteiger partial charge >= 0.3 is 5.17 Å². The average Bonchev–Trinajstić information content (AvgIpc) is 3.00. The van der Waals surface area contributed by atoms with E-state index < -0.39 is 10.0 Å². The highest BCUT2D eigenvalue weighted by Crippen LogP contribution is 2.57. The van der Waals surface area contributed by atoms with Crippen molar-refractivity contribution in [1.29, 1.82) is 0 Å². The summed E-state index contributed by atoms with van der Waals surface area (Å²) in [6.07, 6.45) is 6.15. The highest BCUT2D eigenvalue weighted by molar-refractivity contribution is 8.49. The van der Waals surface area contributed by atoms with Crippen molar-refractivity contribution < 1.29 is 5.11 Å². The van der Waals surface area contributed by atoms with Gasteiger partial charge in [0.15, 0.2) is 5.70 Å². The fourth-order valence-electron chi connectivity index (χ4n) is 2.51. The maximum atomic E-state index is 9.39. The van der Waals surface area contributed by atoms with Gasteiger partial charge in [-0.1, -0.05) is 40.4 Å². The molecule has 1 radical (unpaired) electrons. The molecule has 1 aromatic carbocycles. The summed E-state index contributed by atoms with van der Waals surface area (Å²) in [5, 5.41) is 15.0. The number of hydrogen-bond donors (Lipinski definition) is 1. The summed E-state index contributed by atoms with van der Waals surface area (Å²) in [5.41, 5.74) is 3.20. The Morgan fingerprint density at radius 1 is 1.30 bits per heavy atom. The lowest BCUT2D eigenvalue weighted by Crippen LogP contribution is -2.29. The van der Waals surface area contributed by atoms with Crippen molar-refractivity contribution in [3.63, 3.8) is 0 Å². The minimum Gasteiger partial charge on any atom is -0.386 e. The second kappa shape index (κ2) is 5.05. The number of benzene rings is 1. The lowest BCUT2D eigenvalue weighted by Gasteiger charge is -2.19. The first-order chi connectivity index (χ1) is 9.64. The number of nitrogens with zero attached hydrogens (tertiary/aromatic N) is 2. The summed E-state index contributed by atoms with van der Waals surface area (Å²) in [6.45, 7) is 2.09. The molecule has 1 atom stereocenters. The number of aliphatic hydroxyl groups is 1. The Labute approximate surface area is 121 Å². The van der Waals surface area contributed by atoms with Crippen LogP contribution in [0.4, 0.5) is 0 Å². The third-order valence-electron chi connectivity index (χ3n) is 3.47. The zero-order valence-corrected chi connectivity index (χ0v) is 12.5. The SMILES string of the molecule is CC1=CS(C)(C=Cc2ccccc2)C2=NC=C(CO)[N+]12. The lowest BCUT2D eigenvalue weighted by molar-refractivity contribution is 0.319. The zero-order valence-electron chi connectivity index (χ0n) is 11.7. The van der Waals surface area contributed by atoms with Gasteiger partial charge in [-0.3, -0.25) is 0 Å². The summed E-state index contributed by atoms with van der Waals surface area (Å²) in [6, 6.07) is 10.3. The van der Waals surface area contributed by atoms with Crippen LogP contribution in [0.3, 0.4) is 0 Å². The van der Waals surface area contributed by atoms with Gasteiger partial charge in [-0.15, -0.1) is 0 Å². The minimum absolute atomic E-state index is 0.0239. The largest absolute Gasteiger partial charge is 0.386 e. The fourth-order valence-corrected chi connectivity index (χ4v) is 5.01. The molecule has 3 nitrogen and oxygen atoms in total. The van der Waals surface area contributed by atoms with Crippen LogP contribution in [-0.4, -0.2) is 23.1 Å². The second-order valence-corrected chi connectivity index (χ2v) is 8.01. The van der Waals surface area contributed by atoms with Gasteiger partial charge in [0.1, 0.15) is 6.61 Å². The van der Waals surface area contributed by atoms with Crippen molar-refractivity contribution in [3.8, 4) is 0 Å². The normalized spacial score (nSPS) is 28.9. The molecule has 2 aliphatic rings. The van der Waals surface area contributed by atoms with E-state index >= 15 is 0 Å².